The third-order valence-corrected chi connectivity index (χ3v) is 3.90. The van der Waals surface area contributed by atoms with Crippen molar-refractivity contribution in [3.8, 4) is 0 Å². The second-order valence-electron chi connectivity index (χ2n) is 3.93. The molecular weight excluding hydrogens is 314 g/mol. The van der Waals surface area contributed by atoms with Crippen LogP contribution in [0.2, 0.25) is 4.34 Å². The van der Waals surface area contributed by atoms with Crippen LogP contribution in [0, 0.1) is 0 Å². The zero-order valence-electron chi connectivity index (χ0n) is 10.9. The number of carbonyl (C=O) groups excluding carboxylic acids is 3. The quantitative estimate of drug-likeness (QED) is 0.692. The van der Waals surface area contributed by atoms with E-state index < -0.39 is 11.9 Å². The molecule has 0 atom stereocenters. The Balaban J connectivity index is 2.34. The normalized spacial score (nSPS) is 10.0. The fourth-order valence-electron chi connectivity index (χ4n) is 1.71. The number of hydrogen-bond acceptors (Lipinski definition) is 5. The molecule has 0 fully saturated rings. The number of amides is 1. The average Bonchev–Trinajstić information content (AvgIpc) is 2.92. The molecule has 0 saturated carbocycles. The smallest absolute Gasteiger partial charge is 0.338 e. The lowest BCUT2D eigenvalue weighted by atomic mass is 10.1. The number of thiophene rings is 1. The van der Waals surface area contributed by atoms with Gasteiger partial charge in [-0.1, -0.05) is 17.7 Å². The van der Waals surface area contributed by atoms with Crippen molar-refractivity contribution in [3.05, 3.63) is 50.7 Å². The molecule has 7 heteroatoms. The zero-order valence-corrected chi connectivity index (χ0v) is 12.5. The number of hydrogen-bond donors (Lipinski definition) is 1. The van der Waals surface area contributed by atoms with Gasteiger partial charge in [-0.15, -0.1) is 11.3 Å². The van der Waals surface area contributed by atoms with Crippen molar-refractivity contribution >= 4 is 46.8 Å². The van der Waals surface area contributed by atoms with Crippen molar-refractivity contribution in [3.63, 3.8) is 0 Å². The van der Waals surface area contributed by atoms with Crippen LogP contribution < -0.4 is 5.32 Å². The molecule has 21 heavy (non-hydrogen) atoms. The van der Waals surface area contributed by atoms with E-state index in [1.54, 1.807) is 18.2 Å². The lowest BCUT2D eigenvalue weighted by molar-refractivity contribution is 0.0598. The maximum atomic E-state index is 12.1. The Hall–Kier alpha value is -2.18. The van der Waals surface area contributed by atoms with Crippen molar-refractivity contribution in [1.82, 2.24) is 0 Å². The Morgan fingerprint density at radius 1 is 1.29 bits per heavy atom. The van der Waals surface area contributed by atoms with Crippen molar-refractivity contribution in [2.75, 3.05) is 12.4 Å². The molecule has 1 amide bonds. The number of ether oxygens (including phenoxy) is 1. The first-order valence-electron chi connectivity index (χ1n) is 5.80. The summed E-state index contributed by atoms with van der Waals surface area (Å²) >= 11 is 6.89. The van der Waals surface area contributed by atoms with Gasteiger partial charge in [0.1, 0.15) is 0 Å². The first-order valence-corrected chi connectivity index (χ1v) is 6.99. The molecule has 0 aliphatic rings. The molecule has 0 radical (unpaired) electrons. The molecule has 1 heterocycles. The summed E-state index contributed by atoms with van der Waals surface area (Å²) in [7, 11) is 1.22. The highest BCUT2D eigenvalue weighted by atomic mass is 35.5. The van der Waals surface area contributed by atoms with Crippen LogP contribution in [-0.4, -0.2) is 25.3 Å². The molecule has 0 aliphatic carbocycles. The van der Waals surface area contributed by atoms with E-state index in [1.165, 1.54) is 19.2 Å². The molecule has 1 N–H and O–H groups in total. The van der Waals surface area contributed by atoms with Crippen LogP contribution in [0.3, 0.4) is 0 Å². The topological polar surface area (TPSA) is 72.5 Å². The molecular formula is C14H10ClNO4S. The first-order chi connectivity index (χ1) is 10.1. The summed E-state index contributed by atoms with van der Waals surface area (Å²) in [5.74, 6) is -1.05. The van der Waals surface area contributed by atoms with Gasteiger partial charge < -0.3 is 10.1 Å². The number of anilines is 1. The summed E-state index contributed by atoms with van der Waals surface area (Å²) in [4.78, 5) is 35.3. The van der Waals surface area contributed by atoms with E-state index in [0.29, 0.717) is 15.5 Å². The van der Waals surface area contributed by atoms with Crippen molar-refractivity contribution < 1.29 is 19.1 Å². The van der Waals surface area contributed by atoms with Gasteiger partial charge in [0.2, 0.25) is 0 Å². The van der Waals surface area contributed by atoms with Crippen LogP contribution in [0.4, 0.5) is 5.69 Å². The second-order valence-corrected chi connectivity index (χ2v) is 5.65. The molecule has 108 valence electrons. The summed E-state index contributed by atoms with van der Waals surface area (Å²) in [5.41, 5.74) is 0.400. The maximum Gasteiger partial charge on any atom is 0.338 e. The Labute approximate surface area is 129 Å². The van der Waals surface area contributed by atoms with Crippen LogP contribution in [0.1, 0.15) is 30.4 Å². The van der Waals surface area contributed by atoms with Gasteiger partial charge in [-0.3, -0.25) is 9.59 Å². The van der Waals surface area contributed by atoms with Crippen LogP contribution in [0.25, 0.3) is 0 Å². The molecule has 0 bridgehead atoms. The number of rotatable bonds is 4. The minimum atomic E-state index is -0.646. The predicted molar refractivity (Wildman–Crippen MR) is 80.5 cm³/mol. The summed E-state index contributed by atoms with van der Waals surface area (Å²) in [6, 6.07) is 7.71. The van der Waals surface area contributed by atoms with Crippen molar-refractivity contribution in [2.45, 2.75) is 0 Å². The molecule has 2 rings (SSSR count). The van der Waals surface area contributed by atoms with Gasteiger partial charge in [-0.25, -0.2) is 4.79 Å². The van der Waals surface area contributed by atoms with Gasteiger partial charge >= 0.3 is 5.97 Å². The van der Waals surface area contributed by atoms with E-state index in [2.05, 4.69) is 10.1 Å². The zero-order chi connectivity index (χ0) is 15.4. The number of halogens is 1. The Bertz CT molecular complexity index is 711. The van der Waals surface area contributed by atoms with E-state index in [1.807, 2.05) is 0 Å². The standard InChI is InChI=1S/C14H10ClNO4S/c1-20-14(19)8-3-2-4-10(9(8)7-17)16-13(18)11-5-6-12(15)21-11/h2-7H,1H3,(H,16,18). The molecule has 0 spiro atoms. The Morgan fingerprint density at radius 2 is 2.05 bits per heavy atom. The van der Waals surface area contributed by atoms with Gasteiger partial charge in [0.15, 0.2) is 6.29 Å². The number of esters is 1. The summed E-state index contributed by atoms with van der Waals surface area (Å²) in [6.45, 7) is 0. The first kappa shape index (κ1) is 15.2. The maximum absolute atomic E-state index is 12.1. The van der Waals surface area contributed by atoms with Gasteiger partial charge in [-0.05, 0) is 24.3 Å². The summed E-state index contributed by atoms with van der Waals surface area (Å²) in [6.07, 6.45) is 0.503. The molecule has 1 aromatic carbocycles. The van der Waals surface area contributed by atoms with E-state index in [4.69, 9.17) is 11.6 Å². The van der Waals surface area contributed by atoms with Gasteiger partial charge in [0.25, 0.3) is 5.91 Å². The number of aldehydes is 1. The summed E-state index contributed by atoms with van der Waals surface area (Å²) in [5, 5.41) is 2.58. The Morgan fingerprint density at radius 3 is 2.62 bits per heavy atom. The predicted octanol–water partition coefficient (Wildman–Crippen LogP) is 3.25. The van der Waals surface area contributed by atoms with Crippen LogP contribution in [-0.2, 0) is 4.74 Å². The highest BCUT2D eigenvalue weighted by Gasteiger charge is 2.17. The van der Waals surface area contributed by atoms with Gasteiger partial charge in [0, 0.05) is 0 Å². The van der Waals surface area contributed by atoms with E-state index in [0.717, 1.165) is 11.3 Å². The fourth-order valence-corrected chi connectivity index (χ4v) is 2.65. The summed E-state index contributed by atoms with van der Waals surface area (Å²) < 4.78 is 5.09. The largest absolute Gasteiger partial charge is 0.465 e. The van der Waals surface area contributed by atoms with E-state index in [9.17, 15) is 14.4 Å². The lowest BCUT2D eigenvalue weighted by Gasteiger charge is -2.09. The van der Waals surface area contributed by atoms with Crippen molar-refractivity contribution in [2.24, 2.45) is 0 Å². The molecule has 2 aromatic rings. The van der Waals surface area contributed by atoms with Crippen molar-refractivity contribution in [1.29, 1.82) is 0 Å². The minimum absolute atomic E-state index is 0.0698. The number of nitrogens with one attached hydrogen (secondary N) is 1. The highest BCUT2D eigenvalue weighted by molar-refractivity contribution is 7.18. The van der Waals surface area contributed by atoms with Crippen LogP contribution in [0.15, 0.2) is 30.3 Å². The second kappa shape index (κ2) is 6.51. The molecule has 5 nitrogen and oxygen atoms in total. The number of methoxy groups -OCH3 is 1. The molecule has 0 saturated heterocycles. The van der Waals surface area contributed by atoms with E-state index in [-0.39, 0.29) is 16.8 Å². The monoisotopic (exact) mass is 323 g/mol. The van der Waals surface area contributed by atoms with E-state index >= 15 is 0 Å². The fraction of sp³-hybridized carbons (Fsp3) is 0.0714. The third-order valence-electron chi connectivity index (χ3n) is 2.67. The highest BCUT2D eigenvalue weighted by Crippen LogP contribution is 2.24. The van der Waals surface area contributed by atoms with Crippen LogP contribution >= 0.6 is 22.9 Å². The third kappa shape index (κ3) is 3.29. The minimum Gasteiger partial charge on any atom is -0.465 e. The number of carbonyl (C=O) groups is 3. The lowest BCUT2D eigenvalue weighted by Crippen LogP contribution is -2.14. The average molecular weight is 324 g/mol. The van der Waals surface area contributed by atoms with Crippen LogP contribution in [0.5, 0.6) is 0 Å². The molecule has 0 aliphatic heterocycles. The molecule has 1 aromatic heterocycles. The SMILES string of the molecule is COC(=O)c1cccc(NC(=O)c2ccc(Cl)s2)c1C=O. The Kier molecular flexibility index (Phi) is 4.72. The molecule has 0 unspecified atom stereocenters. The van der Waals surface area contributed by atoms with Gasteiger partial charge in [0.05, 0.1) is 33.1 Å². The van der Waals surface area contributed by atoms with Gasteiger partial charge in [-0.2, -0.15) is 0 Å². The number of benzene rings is 1.